The molecule has 0 saturated carbocycles. The van der Waals surface area contributed by atoms with Crippen molar-refractivity contribution in [3.05, 3.63) is 65.0 Å². The second-order valence-corrected chi connectivity index (χ2v) is 5.28. The molecule has 3 heteroatoms. The molecule has 2 N–H and O–H groups in total. The molecule has 0 saturated heterocycles. The van der Waals surface area contributed by atoms with Gasteiger partial charge in [0.15, 0.2) is 0 Å². The summed E-state index contributed by atoms with van der Waals surface area (Å²) < 4.78 is 12.9. The van der Waals surface area contributed by atoms with Gasteiger partial charge in [0.1, 0.15) is 5.82 Å². The SMILES string of the molecule is C[C@@H](NCc1cccc2c1NCC2)c1ccc(F)cc1. The van der Waals surface area contributed by atoms with Crippen LogP contribution in [0.3, 0.4) is 0 Å². The molecule has 0 spiro atoms. The van der Waals surface area contributed by atoms with Crippen LogP contribution in [0.5, 0.6) is 0 Å². The fraction of sp³-hybridized carbons (Fsp3) is 0.294. The summed E-state index contributed by atoms with van der Waals surface area (Å²) in [6.07, 6.45) is 1.11. The van der Waals surface area contributed by atoms with Crippen molar-refractivity contribution in [3.8, 4) is 0 Å². The number of hydrogen-bond acceptors (Lipinski definition) is 2. The van der Waals surface area contributed by atoms with E-state index in [1.165, 1.54) is 28.9 Å². The zero-order valence-electron chi connectivity index (χ0n) is 11.6. The zero-order chi connectivity index (χ0) is 13.9. The van der Waals surface area contributed by atoms with Crippen LogP contribution in [0.1, 0.15) is 29.7 Å². The molecule has 0 aromatic heterocycles. The number of nitrogens with one attached hydrogen (secondary N) is 2. The summed E-state index contributed by atoms with van der Waals surface area (Å²) in [6.45, 7) is 3.94. The molecular weight excluding hydrogens is 251 g/mol. The minimum absolute atomic E-state index is 0.189. The topological polar surface area (TPSA) is 24.1 Å². The molecule has 0 bridgehead atoms. The summed E-state index contributed by atoms with van der Waals surface area (Å²) in [5.41, 5.74) is 5.09. The van der Waals surface area contributed by atoms with Gasteiger partial charge in [-0.15, -0.1) is 0 Å². The summed E-state index contributed by atoms with van der Waals surface area (Å²) in [5, 5.41) is 6.95. The minimum Gasteiger partial charge on any atom is -0.384 e. The van der Waals surface area contributed by atoms with E-state index in [1.54, 1.807) is 0 Å². The van der Waals surface area contributed by atoms with Crippen LogP contribution in [0.25, 0.3) is 0 Å². The normalized spacial score (nSPS) is 14.7. The quantitative estimate of drug-likeness (QED) is 0.886. The average molecular weight is 270 g/mol. The van der Waals surface area contributed by atoms with Gasteiger partial charge in [-0.05, 0) is 42.2 Å². The number of hydrogen-bond donors (Lipinski definition) is 2. The van der Waals surface area contributed by atoms with E-state index in [1.807, 2.05) is 12.1 Å². The number of anilines is 1. The van der Waals surface area contributed by atoms with Gasteiger partial charge in [0.05, 0.1) is 0 Å². The summed E-state index contributed by atoms with van der Waals surface area (Å²) in [5.74, 6) is -0.189. The maximum atomic E-state index is 12.9. The molecule has 104 valence electrons. The Bertz CT molecular complexity index is 592. The number of benzene rings is 2. The van der Waals surface area contributed by atoms with Crippen LogP contribution in [0.2, 0.25) is 0 Å². The maximum Gasteiger partial charge on any atom is 0.123 e. The van der Waals surface area contributed by atoms with Gasteiger partial charge in [0.25, 0.3) is 0 Å². The number of rotatable bonds is 4. The summed E-state index contributed by atoms with van der Waals surface area (Å²) in [6, 6.07) is 13.3. The molecule has 1 aliphatic rings. The molecule has 2 aromatic carbocycles. The second-order valence-electron chi connectivity index (χ2n) is 5.28. The average Bonchev–Trinajstić information content (AvgIpc) is 2.94. The van der Waals surface area contributed by atoms with E-state index < -0.39 is 0 Å². The predicted molar refractivity (Wildman–Crippen MR) is 80.3 cm³/mol. The lowest BCUT2D eigenvalue weighted by molar-refractivity contribution is 0.571. The van der Waals surface area contributed by atoms with Gasteiger partial charge < -0.3 is 10.6 Å². The number of fused-ring (bicyclic) bond motifs is 1. The van der Waals surface area contributed by atoms with Crippen LogP contribution in [-0.4, -0.2) is 6.54 Å². The van der Waals surface area contributed by atoms with Crippen LogP contribution in [0.4, 0.5) is 10.1 Å². The zero-order valence-corrected chi connectivity index (χ0v) is 11.6. The Morgan fingerprint density at radius 2 is 2.00 bits per heavy atom. The molecule has 2 nitrogen and oxygen atoms in total. The molecule has 0 aliphatic carbocycles. The van der Waals surface area contributed by atoms with Gasteiger partial charge in [-0.2, -0.15) is 0 Å². The molecule has 0 unspecified atom stereocenters. The van der Waals surface area contributed by atoms with Crippen LogP contribution in [0, 0.1) is 5.82 Å². The highest BCUT2D eigenvalue weighted by atomic mass is 19.1. The van der Waals surface area contributed by atoms with Gasteiger partial charge >= 0.3 is 0 Å². The third-order valence-corrected chi connectivity index (χ3v) is 3.90. The largest absolute Gasteiger partial charge is 0.384 e. The van der Waals surface area contributed by atoms with E-state index in [4.69, 9.17) is 0 Å². The molecule has 2 aromatic rings. The predicted octanol–water partition coefficient (Wildman–Crippen LogP) is 3.64. The van der Waals surface area contributed by atoms with E-state index in [9.17, 15) is 4.39 Å². The summed E-state index contributed by atoms with van der Waals surface area (Å²) in [7, 11) is 0. The first-order valence-corrected chi connectivity index (χ1v) is 7.07. The van der Waals surface area contributed by atoms with Crippen molar-refractivity contribution >= 4 is 5.69 Å². The van der Waals surface area contributed by atoms with Crippen LogP contribution in [-0.2, 0) is 13.0 Å². The molecule has 1 aliphatic heterocycles. The van der Waals surface area contributed by atoms with Crippen molar-refractivity contribution in [3.63, 3.8) is 0 Å². The van der Waals surface area contributed by atoms with Crippen molar-refractivity contribution in [2.45, 2.75) is 25.9 Å². The third-order valence-electron chi connectivity index (χ3n) is 3.90. The molecule has 3 rings (SSSR count). The van der Waals surface area contributed by atoms with Crippen LogP contribution >= 0.6 is 0 Å². The monoisotopic (exact) mass is 270 g/mol. The Morgan fingerprint density at radius 1 is 1.20 bits per heavy atom. The van der Waals surface area contributed by atoms with E-state index in [2.05, 4.69) is 35.8 Å². The Labute approximate surface area is 119 Å². The molecule has 1 atom stereocenters. The van der Waals surface area contributed by atoms with Crippen molar-refractivity contribution in [2.24, 2.45) is 0 Å². The highest BCUT2D eigenvalue weighted by Gasteiger charge is 2.14. The van der Waals surface area contributed by atoms with Crippen LogP contribution < -0.4 is 10.6 Å². The molecule has 20 heavy (non-hydrogen) atoms. The Balaban J connectivity index is 1.68. The third kappa shape index (κ3) is 2.68. The van der Waals surface area contributed by atoms with E-state index in [0.29, 0.717) is 0 Å². The second kappa shape index (κ2) is 5.63. The fourth-order valence-electron chi connectivity index (χ4n) is 2.69. The van der Waals surface area contributed by atoms with E-state index >= 15 is 0 Å². The Kier molecular flexibility index (Phi) is 3.70. The van der Waals surface area contributed by atoms with E-state index in [0.717, 1.165) is 25.1 Å². The lowest BCUT2D eigenvalue weighted by atomic mass is 10.1. The van der Waals surface area contributed by atoms with E-state index in [-0.39, 0.29) is 11.9 Å². The Morgan fingerprint density at radius 3 is 2.80 bits per heavy atom. The standard InChI is InChI=1S/C17H19FN2/c1-12(13-5-7-16(18)8-6-13)20-11-15-4-2-3-14-9-10-19-17(14)15/h2-8,12,19-20H,9-11H2,1H3/t12-/m1/s1. The summed E-state index contributed by atoms with van der Waals surface area (Å²) in [4.78, 5) is 0. The highest BCUT2D eigenvalue weighted by Crippen LogP contribution is 2.26. The fourth-order valence-corrected chi connectivity index (χ4v) is 2.69. The van der Waals surface area contributed by atoms with Crippen molar-refractivity contribution in [1.82, 2.24) is 5.32 Å². The maximum absolute atomic E-state index is 12.9. The molecule has 1 heterocycles. The highest BCUT2D eigenvalue weighted by molar-refractivity contribution is 5.61. The van der Waals surface area contributed by atoms with Gasteiger partial charge in [-0.1, -0.05) is 30.3 Å². The first-order chi connectivity index (χ1) is 9.74. The Hall–Kier alpha value is -1.87. The summed E-state index contributed by atoms with van der Waals surface area (Å²) >= 11 is 0. The molecule has 0 amide bonds. The van der Waals surface area contributed by atoms with Gasteiger partial charge in [-0.25, -0.2) is 4.39 Å². The molecule has 0 radical (unpaired) electrons. The van der Waals surface area contributed by atoms with Gasteiger partial charge in [-0.3, -0.25) is 0 Å². The number of para-hydroxylation sites is 1. The minimum atomic E-state index is -0.189. The van der Waals surface area contributed by atoms with Gasteiger partial charge in [0, 0.05) is 24.8 Å². The van der Waals surface area contributed by atoms with Gasteiger partial charge in [0.2, 0.25) is 0 Å². The smallest absolute Gasteiger partial charge is 0.123 e. The lowest BCUT2D eigenvalue weighted by Gasteiger charge is -2.16. The molecular formula is C17H19FN2. The van der Waals surface area contributed by atoms with Crippen molar-refractivity contribution in [2.75, 3.05) is 11.9 Å². The first kappa shape index (κ1) is 13.1. The number of halogens is 1. The first-order valence-electron chi connectivity index (χ1n) is 7.07. The molecule has 0 fully saturated rings. The van der Waals surface area contributed by atoms with Crippen molar-refractivity contribution in [1.29, 1.82) is 0 Å². The van der Waals surface area contributed by atoms with Crippen LogP contribution in [0.15, 0.2) is 42.5 Å². The lowest BCUT2D eigenvalue weighted by Crippen LogP contribution is -2.18. The van der Waals surface area contributed by atoms with Crippen molar-refractivity contribution < 1.29 is 4.39 Å².